The Balaban J connectivity index is 2.12. The molecule has 2 fully saturated rings. The fraction of sp³-hybridized carbons (Fsp3) is 1.00. The van der Waals surface area contributed by atoms with Gasteiger partial charge < -0.3 is 14.6 Å². The summed E-state index contributed by atoms with van der Waals surface area (Å²) in [5.74, 6) is -0.611. The molecule has 0 aromatic carbocycles. The highest BCUT2D eigenvalue weighted by atomic mass is 19.1. The molecule has 14 heavy (non-hydrogen) atoms. The van der Waals surface area contributed by atoms with E-state index < -0.39 is 17.4 Å². The van der Waals surface area contributed by atoms with Gasteiger partial charge in [-0.1, -0.05) is 6.92 Å². The molecule has 1 aliphatic carbocycles. The molecular formula is C10H17FO3. The van der Waals surface area contributed by atoms with Crippen LogP contribution in [0.5, 0.6) is 0 Å². The molecule has 1 heterocycles. The number of aliphatic hydroxyl groups is 1. The fourth-order valence-electron chi connectivity index (χ4n) is 2.41. The van der Waals surface area contributed by atoms with E-state index in [2.05, 4.69) is 0 Å². The molecule has 0 unspecified atom stereocenters. The van der Waals surface area contributed by atoms with E-state index in [0.717, 1.165) is 0 Å². The molecule has 0 amide bonds. The largest absolute Gasteiger partial charge is 0.396 e. The Kier molecular flexibility index (Phi) is 2.53. The van der Waals surface area contributed by atoms with Gasteiger partial charge in [0.05, 0.1) is 19.8 Å². The first-order chi connectivity index (χ1) is 6.60. The van der Waals surface area contributed by atoms with Crippen LogP contribution in [0.25, 0.3) is 0 Å². The van der Waals surface area contributed by atoms with Crippen molar-refractivity contribution in [3.05, 3.63) is 0 Å². The van der Waals surface area contributed by atoms with Crippen molar-refractivity contribution in [2.75, 3.05) is 19.8 Å². The van der Waals surface area contributed by atoms with E-state index in [9.17, 15) is 9.50 Å². The van der Waals surface area contributed by atoms with Gasteiger partial charge in [0.2, 0.25) is 0 Å². The maximum absolute atomic E-state index is 13.6. The SMILES string of the molecule is C[C@@]1(CO)CC2(CC[C@@H]1F)OCCO2. The summed E-state index contributed by atoms with van der Waals surface area (Å²) in [6.45, 7) is 2.77. The van der Waals surface area contributed by atoms with Gasteiger partial charge in [-0.3, -0.25) is 0 Å². The average Bonchev–Trinajstić information content (AvgIpc) is 2.61. The number of hydrogen-bond donors (Lipinski definition) is 1. The van der Waals surface area contributed by atoms with Crippen molar-refractivity contribution in [1.29, 1.82) is 0 Å². The third-order valence-electron chi connectivity index (χ3n) is 3.38. The summed E-state index contributed by atoms with van der Waals surface area (Å²) < 4.78 is 24.7. The van der Waals surface area contributed by atoms with Crippen molar-refractivity contribution in [1.82, 2.24) is 0 Å². The summed E-state index contributed by atoms with van der Waals surface area (Å²) in [5.41, 5.74) is -0.706. The summed E-state index contributed by atoms with van der Waals surface area (Å²) in [6.07, 6.45) is 0.518. The number of halogens is 1. The van der Waals surface area contributed by atoms with Gasteiger partial charge in [0.15, 0.2) is 5.79 Å². The van der Waals surface area contributed by atoms with Crippen LogP contribution in [0, 0.1) is 5.41 Å². The molecule has 1 saturated heterocycles. The Morgan fingerprint density at radius 3 is 2.64 bits per heavy atom. The van der Waals surface area contributed by atoms with E-state index >= 15 is 0 Å². The molecule has 2 aliphatic rings. The summed E-state index contributed by atoms with van der Waals surface area (Å²) >= 11 is 0. The van der Waals surface area contributed by atoms with Gasteiger partial charge in [-0.2, -0.15) is 0 Å². The lowest BCUT2D eigenvalue weighted by Crippen LogP contribution is -2.48. The second-order valence-corrected chi connectivity index (χ2v) is 4.60. The van der Waals surface area contributed by atoms with Crippen LogP contribution < -0.4 is 0 Å². The maximum atomic E-state index is 13.6. The molecule has 1 saturated carbocycles. The summed E-state index contributed by atoms with van der Waals surface area (Å²) in [6, 6.07) is 0. The van der Waals surface area contributed by atoms with Gasteiger partial charge in [0, 0.05) is 18.3 Å². The molecule has 2 atom stereocenters. The van der Waals surface area contributed by atoms with E-state index in [4.69, 9.17) is 9.47 Å². The van der Waals surface area contributed by atoms with Gasteiger partial charge in [0.1, 0.15) is 6.17 Å². The first kappa shape index (κ1) is 10.3. The number of aliphatic hydroxyl groups excluding tert-OH is 1. The highest BCUT2D eigenvalue weighted by Crippen LogP contribution is 2.46. The molecule has 3 nitrogen and oxygen atoms in total. The monoisotopic (exact) mass is 204 g/mol. The molecule has 0 radical (unpaired) electrons. The Morgan fingerprint density at radius 1 is 1.43 bits per heavy atom. The molecule has 0 aromatic heterocycles. The van der Waals surface area contributed by atoms with Crippen molar-refractivity contribution in [3.63, 3.8) is 0 Å². The predicted octanol–water partition coefficient (Wildman–Crippen LogP) is 1.25. The molecule has 0 aromatic rings. The smallest absolute Gasteiger partial charge is 0.169 e. The standard InChI is InChI=1S/C10H17FO3/c1-9(7-12)6-10(3-2-8(9)11)13-4-5-14-10/h8,12H,2-7H2,1H3/t8-,9-/m0/s1. The van der Waals surface area contributed by atoms with E-state index in [-0.39, 0.29) is 6.61 Å². The molecular weight excluding hydrogens is 187 g/mol. The first-order valence-electron chi connectivity index (χ1n) is 5.13. The van der Waals surface area contributed by atoms with E-state index in [1.165, 1.54) is 0 Å². The molecule has 1 N–H and O–H groups in total. The summed E-state index contributed by atoms with van der Waals surface area (Å²) in [7, 11) is 0. The van der Waals surface area contributed by atoms with Crippen LogP contribution in [0.15, 0.2) is 0 Å². The topological polar surface area (TPSA) is 38.7 Å². The van der Waals surface area contributed by atoms with Crippen LogP contribution in [0.3, 0.4) is 0 Å². The van der Waals surface area contributed by atoms with Crippen LogP contribution in [0.2, 0.25) is 0 Å². The Morgan fingerprint density at radius 2 is 2.07 bits per heavy atom. The Labute approximate surface area is 83.2 Å². The first-order valence-corrected chi connectivity index (χ1v) is 5.13. The van der Waals surface area contributed by atoms with Crippen LogP contribution in [-0.2, 0) is 9.47 Å². The molecule has 4 heteroatoms. The summed E-state index contributed by atoms with van der Waals surface area (Å²) in [4.78, 5) is 0. The van der Waals surface area contributed by atoms with Gasteiger partial charge in [-0.25, -0.2) is 4.39 Å². The highest BCUT2D eigenvalue weighted by molar-refractivity contribution is 4.95. The Hall–Kier alpha value is -0.190. The third-order valence-corrected chi connectivity index (χ3v) is 3.38. The third kappa shape index (κ3) is 1.55. The number of rotatable bonds is 1. The second-order valence-electron chi connectivity index (χ2n) is 4.60. The number of alkyl halides is 1. The van der Waals surface area contributed by atoms with Crippen LogP contribution in [0.1, 0.15) is 26.2 Å². The van der Waals surface area contributed by atoms with Crippen molar-refractivity contribution in [3.8, 4) is 0 Å². The van der Waals surface area contributed by atoms with Crippen molar-refractivity contribution in [2.24, 2.45) is 5.41 Å². The fourth-order valence-corrected chi connectivity index (χ4v) is 2.41. The zero-order chi connectivity index (χ0) is 10.2. The zero-order valence-corrected chi connectivity index (χ0v) is 8.46. The quantitative estimate of drug-likeness (QED) is 0.698. The minimum Gasteiger partial charge on any atom is -0.396 e. The van der Waals surface area contributed by atoms with Crippen molar-refractivity contribution in [2.45, 2.75) is 38.1 Å². The minimum absolute atomic E-state index is 0.150. The van der Waals surface area contributed by atoms with Crippen LogP contribution in [-0.4, -0.2) is 36.9 Å². The predicted molar refractivity (Wildman–Crippen MR) is 48.6 cm³/mol. The zero-order valence-electron chi connectivity index (χ0n) is 8.46. The van der Waals surface area contributed by atoms with Gasteiger partial charge in [0.25, 0.3) is 0 Å². The van der Waals surface area contributed by atoms with Gasteiger partial charge in [-0.05, 0) is 6.42 Å². The van der Waals surface area contributed by atoms with E-state index in [1.54, 1.807) is 6.92 Å². The van der Waals surface area contributed by atoms with Crippen LogP contribution in [0.4, 0.5) is 4.39 Å². The van der Waals surface area contributed by atoms with Gasteiger partial charge >= 0.3 is 0 Å². The van der Waals surface area contributed by atoms with Gasteiger partial charge in [-0.15, -0.1) is 0 Å². The molecule has 2 rings (SSSR count). The lowest BCUT2D eigenvalue weighted by molar-refractivity contribution is -0.217. The second kappa shape index (κ2) is 3.43. The molecule has 0 bridgehead atoms. The number of hydrogen-bond acceptors (Lipinski definition) is 3. The van der Waals surface area contributed by atoms with Crippen molar-refractivity contribution < 1.29 is 19.0 Å². The maximum Gasteiger partial charge on any atom is 0.169 e. The number of ether oxygens (including phenoxy) is 2. The van der Waals surface area contributed by atoms with E-state index in [1.807, 2.05) is 0 Å². The normalized spacial score (nSPS) is 41.8. The summed E-state index contributed by atoms with van der Waals surface area (Å²) in [5, 5.41) is 9.21. The molecule has 1 aliphatic heterocycles. The van der Waals surface area contributed by atoms with Crippen LogP contribution >= 0.6 is 0 Å². The average molecular weight is 204 g/mol. The van der Waals surface area contributed by atoms with E-state index in [0.29, 0.717) is 32.5 Å². The molecule has 82 valence electrons. The lowest BCUT2D eigenvalue weighted by Gasteiger charge is -2.43. The Bertz CT molecular complexity index is 215. The highest BCUT2D eigenvalue weighted by Gasteiger charge is 2.51. The lowest BCUT2D eigenvalue weighted by atomic mass is 9.72. The van der Waals surface area contributed by atoms with Crippen molar-refractivity contribution >= 4 is 0 Å². The minimum atomic E-state index is -0.953. The molecule has 1 spiro atoms.